The third-order valence-corrected chi connectivity index (χ3v) is 3.04. The minimum Gasteiger partial charge on any atom is -0.0616 e. The second kappa shape index (κ2) is 4.06. The maximum Gasteiger partial charge on any atom is -0.0178 e. The third-order valence-electron chi connectivity index (χ3n) is 3.04. The van der Waals surface area contributed by atoms with Crippen molar-refractivity contribution in [3.05, 3.63) is 79.2 Å². The zero-order valence-electron chi connectivity index (χ0n) is 9.56. The van der Waals surface area contributed by atoms with E-state index in [9.17, 15) is 0 Å². The van der Waals surface area contributed by atoms with Crippen molar-refractivity contribution in [1.82, 2.24) is 0 Å². The summed E-state index contributed by atoms with van der Waals surface area (Å²) < 4.78 is 0. The lowest BCUT2D eigenvalue weighted by molar-refractivity contribution is 1.59. The molecule has 0 N–H and O–H groups in total. The summed E-state index contributed by atoms with van der Waals surface area (Å²) in [6.07, 6.45) is 0. The smallest absolute Gasteiger partial charge is 0.0178 e. The predicted molar refractivity (Wildman–Crippen MR) is 73.8 cm³/mol. The van der Waals surface area contributed by atoms with Crippen molar-refractivity contribution in [2.75, 3.05) is 0 Å². The Kier molecular flexibility index (Phi) is 2.41. The molecule has 0 saturated carbocycles. The Hall–Kier alpha value is -2.08. The maximum atomic E-state index is 3.91. The average Bonchev–Trinajstić information content (AvgIpc) is 2.39. The van der Waals surface area contributed by atoms with E-state index in [-0.39, 0.29) is 0 Å². The number of hydrogen-bond acceptors (Lipinski definition) is 0. The summed E-state index contributed by atoms with van der Waals surface area (Å²) in [4.78, 5) is 0. The van der Waals surface area contributed by atoms with Crippen LogP contribution in [0.3, 0.4) is 0 Å². The summed E-state index contributed by atoms with van der Waals surface area (Å²) in [5, 5.41) is 2.56. The van der Waals surface area contributed by atoms with Crippen molar-refractivity contribution < 1.29 is 0 Å². The largest absolute Gasteiger partial charge is 0.0616 e. The summed E-state index contributed by atoms with van der Waals surface area (Å²) in [7, 11) is 0. The molecule has 1 radical (unpaired) electrons. The van der Waals surface area contributed by atoms with Gasteiger partial charge in [0.05, 0.1) is 0 Å². The van der Waals surface area contributed by atoms with Crippen LogP contribution < -0.4 is 0 Å². The molecule has 0 unspecified atom stereocenters. The van der Waals surface area contributed by atoms with E-state index in [2.05, 4.69) is 61.5 Å². The molecule has 81 valence electrons. The molecule has 0 aliphatic rings. The van der Waals surface area contributed by atoms with Crippen LogP contribution >= 0.6 is 0 Å². The first kappa shape index (κ1) is 10.1. The summed E-state index contributed by atoms with van der Waals surface area (Å²) in [6, 6.07) is 23.3. The molecule has 0 spiro atoms. The zero-order valence-corrected chi connectivity index (χ0v) is 9.56. The Labute approximate surface area is 102 Å². The molecule has 0 aliphatic carbocycles. The van der Waals surface area contributed by atoms with Crippen molar-refractivity contribution in [2.45, 2.75) is 0 Å². The Morgan fingerprint density at radius 3 is 2.00 bits per heavy atom. The molecule has 3 rings (SSSR count). The van der Waals surface area contributed by atoms with Gasteiger partial charge < -0.3 is 0 Å². The summed E-state index contributed by atoms with van der Waals surface area (Å²) in [5.41, 5.74) is 3.54. The Morgan fingerprint density at radius 1 is 0.588 bits per heavy atom. The monoisotopic (exact) mass is 217 g/mol. The fraction of sp³-hybridized carbons (Fsp3) is 0. The molecule has 0 saturated heterocycles. The van der Waals surface area contributed by atoms with Crippen LogP contribution in [0.15, 0.2) is 66.7 Å². The first-order valence-corrected chi connectivity index (χ1v) is 5.74. The molecule has 3 aromatic rings. The van der Waals surface area contributed by atoms with Crippen LogP contribution in [0.5, 0.6) is 0 Å². The molecule has 0 fully saturated rings. The number of fused-ring (bicyclic) bond motifs is 1. The fourth-order valence-corrected chi connectivity index (χ4v) is 2.07. The SMILES string of the molecule is [CH2]c1ccc(-c2ccc3ccccc3c2)cc1. The Balaban J connectivity index is 2.14. The van der Waals surface area contributed by atoms with E-state index in [0.717, 1.165) is 5.56 Å². The molecule has 0 heteroatoms. The van der Waals surface area contributed by atoms with Gasteiger partial charge in [0.15, 0.2) is 0 Å². The highest BCUT2D eigenvalue weighted by atomic mass is 14.0. The standard InChI is InChI=1S/C17H13/c1-13-6-8-15(9-7-13)17-11-10-14-4-2-3-5-16(14)12-17/h2-12H,1H2. The first-order valence-electron chi connectivity index (χ1n) is 5.74. The number of benzene rings is 3. The van der Waals surface area contributed by atoms with E-state index >= 15 is 0 Å². The second-order valence-corrected chi connectivity index (χ2v) is 4.26. The van der Waals surface area contributed by atoms with Crippen molar-refractivity contribution in [1.29, 1.82) is 0 Å². The van der Waals surface area contributed by atoms with Crippen LogP contribution in [0.1, 0.15) is 5.56 Å². The van der Waals surface area contributed by atoms with E-state index in [1.54, 1.807) is 0 Å². The van der Waals surface area contributed by atoms with Crippen molar-refractivity contribution in [2.24, 2.45) is 0 Å². The van der Waals surface area contributed by atoms with E-state index in [1.807, 2.05) is 12.1 Å². The second-order valence-electron chi connectivity index (χ2n) is 4.26. The molecule has 0 atom stereocenters. The molecule has 3 aromatic carbocycles. The Morgan fingerprint density at radius 2 is 1.24 bits per heavy atom. The molecule has 0 bridgehead atoms. The van der Waals surface area contributed by atoms with Gasteiger partial charge in [-0.3, -0.25) is 0 Å². The van der Waals surface area contributed by atoms with Gasteiger partial charge in [0.25, 0.3) is 0 Å². The molecular weight excluding hydrogens is 204 g/mol. The van der Waals surface area contributed by atoms with Crippen LogP contribution in [0, 0.1) is 6.92 Å². The van der Waals surface area contributed by atoms with Crippen LogP contribution in [-0.4, -0.2) is 0 Å². The highest BCUT2D eigenvalue weighted by molar-refractivity contribution is 5.87. The van der Waals surface area contributed by atoms with E-state index in [1.165, 1.54) is 21.9 Å². The zero-order chi connectivity index (χ0) is 11.7. The van der Waals surface area contributed by atoms with Crippen LogP contribution in [0.2, 0.25) is 0 Å². The molecule has 0 heterocycles. The molecule has 0 aliphatic heterocycles. The van der Waals surface area contributed by atoms with Gasteiger partial charge in [0.1, 0.15) is 0 Å². The molecule has 17 heavy (non-hydrogen) atoms. The highest BCUT2D eigenvalue weighted by Gasteiger charge is 1.98. The van der Waals surface area contributed by atoms with E-state index in [4.69, 9.17) is 0 Å². The predicted octanol–water partition coefficient (Wildman–Crippen LogP) is 4.69. The topological polar surface area (TPSA) is 0 Å². The minimum absolute atomic E-state index is 1.05. The Bertz CT molecular complexity index is 648. The van der Waals surface area contributed by atoms with Gasteiger partial charge in [-0.2, -0.15) is 0 Å². The molecule has 0 nitrogen and oxygen atoms in total. The summed E-state index contributed by atoms with van der Waals surface area (Å²) >= 11 is 0. The van der Waals surface area contributed by atoms with Crippen molar-refractivity contribution in [3.63, 3.8) is 0 Å². The first-order chi connectivity index (χ1) is 8.33. The van der Waals surface area contributed by atoms with E-state index < -0.39 is 0 Å². The highest BCUT2D eigenvalue weighted by Crippen LogP contribution is 2.24. The molecule has 0 amide bonds. The lowest BCUT2D eigenvalue weighted by Gasteiger charge is -2.04. The lowest BCUT2D eigenvalue weighted by Crippen LogP contribution is -1.79. The number of hydrogen-bond donors (Lipinski definition) is 0. The van der Waals surface area contributed by atoms with Gasteiger partial charge in [-0.25, -0.2) is 0 Å². The average molecular weight is 217 g/mol. The summed E-state index contributed by atoms with van der Waals surface area (Å²) in [5.74, 6) is 0. The van der Waals surface area contributed by atoms with Gasteiger partial charge in [0.2, 0.25) is 0 Å². The quantitative estimate of drug-likeness (QED) is 0.554. The summed E-state index contributed by atoms with van der Waals surface area (Å²) in [6.45, 7) is 3.91. The van der Waals surface area contributed by atoms with Gasteiger partial charge in [-0.05, 0) is 40.5 Å². The molecule has 0 aromatic heterocycles. The number of rotatable bonds is 1. The molecular formula is C17H13. The van der Waals surface area contributed by atoms with Crippen molar-refractivity contribution in [3.8, 4) is 11.1 Å². The lowest BCUT2D eigenvalue weighted by atomic mass is 10.0. The van der Waals surface area contributed by atoms with Crippen LogP contribution in [-0.2, 0) is 0 Å². The third kappa shape index (κ3) is 1.94. The van der Waals surface area contributed by atoms with Gasteiger partial charge in [-0.15, -0.1) is 0 Å². The van der Waals surface area contributed by atoms with E-state index in [0.29, 0.717) is 0 Å². The maximum absolute atomic E-state index is 3.91. The van der Waals surface area contributed by atoms with Gasteiger partial charge in [0, 0.05) is 0 Å². The normalized spacial score (nSPS) is 10.6. The van der Waals surface area contributed by atoms with Gasteiger partial charge >= 0.3 is 0 Å². The minimum atomic E-state index is 1.05. The fourth-order valence-electron chi connectivity index (χ4n) is 2.07. The van der Waals surface area contributed by atoms with Gasteiger partial charge in [-0.1, -0.05) is 60.7 Å². The van der Waals surface area contributed by atoms with Crippen molar-refractivity contribution >= 4 is 10.8 Å². The van der Waals surface area contributed by atoms with Crippen LogP contribution in [0.25, 0.3) is 21.9 Å². The van der Waals surface area contributed by atoms with Crippen LogP contribution in [0.4, 0.5) is 0 Å².